The Labute approximate surface area is 192 Å². The lowest BCUT2D eigenvalue weighted by Crippen LogP contribution is -2.24. The fourth-order valence-corrected chi connectivity index (χ4v) is 3.76. The van der Waals surface area contributed by atoms with E-state index in [0.29, 0.717) is 16.7 Å². The van der Waals surface area contributed by atoms with Crippen LogP contribution in [-0.4, -0.2) is 31.5 Å². The van der Waals surface area contributed by atoms with E-state index in [4.69, 9.17) is 10.1 Å². The molecule has 0 aliphatic rings. The molecule has 162 valence electrons. The van der Waals surface area contributed by atoms with Crippen molar-refractivity contribution in [2.45, 2.75) is 26.2 Å². The number of hydrogen-bond donors (Lipinski definition) is 1. The van der Waals surface area contributed by atoms with Crippen molar-refractivity contribution >= 4 is 39.0 Å². The number of aromatic carboxylic acids is 1. The molecule has 2 heterocycles. The molecule has 32 heavy (non-hydrogen) atoms. The van der Waals surface area contributed by atoms with Gasteiger partial charge in [-0.3, -0.25) is 4.79 Å². The van der Waals surface area contributed by atoms with E-state index in [1.807, 2.05) is 48.9 Å². The van der Waals surface area contributed by atoms with Crippen LogP contribution in [-0.2, 0) is 0 Å². The molecule has 0 unspecified atom stereocenters. The molecule has 1 atom stereocenters. The van der Waals surface area contributed by atoms with Crippen LogP contribution in [0.25, 0.3) is 16.6 Å². The minimum Gasteiger partial charge on any atom is -0.478 e. The van der Waals surface area contributed by atoms with Gasteiger partial charge in [0.1, 0.15) is 5.82 Å². The van der Waals surface area contributed by atoms with Gasteiger partial charge in [-0.05, 0) is 61.0 Å². The van der Waals surface area contributed by atoms with E-state index in [2.05, 4.69) is 21.0 Å². The highest BCUT2D eigenvalue weighted by Gasteiger charge is 2.16. The first-order valence-corrected chi connectivity index (χ1v) is 11.0. The first-order chi connectivity index (χ1) is 15.4. The maximum absolute atomic E-state index is 13.3. The zero-order valence-electron chi connectivity index (χ0n) is 17.6. The van der Waals surface area contributed by atoms with Gasteiger partial charge >= 0.3 is 5.97 Å². The molecule has 0 amide bonds. The third-order valence-electron chi connectivity index (χ3n) is 5.36. The van der Waals surface area contributed by atoms with Crippen molar-refractivity contribution in [2.24, 2.45) is 5.10 Å². The summed E-state index contributed by atoms with van der Waals surface area (Å²) in [5, 5.41) is 14.1. The average Bonchev–Trinajstić information content (AvgIpc) is 3.26. The zero-order chi connectivity index (χ0) is 22.8. The topological polar surface area (TPSA) is 89.5 Å². The third kappa shape index (κ3) is 4.13. The molecule has 0 spiro atoms. The van der Waals surface area contributed by atoms with Crippen LogP contribution in [0.4, 0.5) is 0 Å². The smallest absolute Gasteiger partial charge is 0.335 e. The van der Waals surface area contributed by atoms with Gasteiger partial charge in [-0.2, -0.15) is 9.78 Å². The van der Waals surface area contributed by atoms with E-state index in [-0.39, 0.29) is 17.0 Å². The predicted molar refractivity (Wildman–Crippen MR) is 128 cm³/mol. The number of halogens is 1. The van der Waals surface area contributed by atoms with Crippen LogP contribution in [0.2, 0.25) is 0 Å². The number of carboxylic acids is 1. The fraction of sp³-hybridized carbons (Fsp3) is 0.167. The van der Waals surface area contributed by atoms with Crippen LogP contribution in [0, 0.1) is 0 Å². The molecule has 0 fully saturated rings. The van der Waals surface area contributed by atoms with Gasteiger partial charge in [0.15, 0.2) is 0 Å². The Hall–Kier alpha value is -3.52. The highest BCUT2D eigenvalue weighted by molar-refractivity contribution is 9.10. The van der Waals surface area contributed by atoms with Crippen LogP contribution < -0.4 is 5.56 Å². The highest BCUT2D eigenvalue weighted by Crippen LogP contribution is 2.21. The average molecular weight is 493 g/mol. The first-order valence-electron chi connectivity index (χ1n) is 10.2. The Balaban J connectivity index is 1.80. The SMILES string of the molecule is CC[C@@H](C)c1nc2ccc(Br)cc2c(=O)n1N=Cc1cccn1-c1ccc(C(=O)O)cc1. The van der Waals surface area contributed by atoms with E-state index in [1.54, 1.807) is 36.5 Å². The second-order valence-corrected chi connectivity index (χ2v) is 8.37. The van der Waals surface area contributed by atoms with Crippen molar-refractivity contribution in [3.8, 4) is 5.69 Å². The Bertz CT molecular complexity index is 1390. The number of nitrogens with zero attached hydrogens (tertiary/aromatic N) is 4. The molecule has 0 radical (unpaired) electrons. The molecule has 8 heteroatoms. The monoisotopic (exact) mass is 492 g/mol. The Morgan fingerprint density at radius 1 is 1.22 bits per heavy atom. The fourth-order valence-electron chi connectivity index (χ4n) is 3.39. The molecule has 0 aliphatic heterocycles. The minimum absolute atomic E-state index is 0.0447. The second kappa shape index (κ2) is 8.92. The van der Waals surface area contributed by atoms with Crippen LogP contribution >= 0.6 is 15.9 Å². The Morgan fingerprint density at radius 2 is 1.97 bits per heavy atom. The lowest BCUT2D eigenvalue weighted by molar-refractivity contribution is 0.0697. The number of carbonyl (C=O) groups is 1. The molecule has 2 aromatic carbocycles. The highest BCUT2D eigenvalue weighted by atomic mass is 79.9. The Kier molecular flexibility index (Phi) is 6.05. The van der Waals surface area contributed by atoms with Gasteiger partial charge in [0, 0.05) is 22.3 Å². The summed E-state index contributed by atoms with van der Waals surface area (Å²) >= 11 is 3.42. The summed E-state index contributed by atoms with van der Waals surface area (Å²) < 4.78 is 4.04. The lowest BCUT2D eigenvalue weighted by atomic mass is 10.1. The summed E-state index contributed by atoms with van der Waals surface area (Å²) in [6.45, 7) is 4.06. The summed E-state index contributed by atoms with van der Waals surface area (Å²) in [5.74, 6) is -0.325. The van der Waals surface area contributed by atoms with E-state index < -0.39 is 5.97 Å². The molecule has 0 bridgehead atoms. The number of rotatable bonds is 6. The number of carboxylic acid groups (broad SMARTS) is 1. The lowest BCUT2D eigenvalue weighted by Gasteiger charge is -2.14. The van der Waals surface area contributed by atoms with Crippen molar-refractivity contribution in [3.05, 3.63) is 92.7 Å². The van der Waals surface area contributed by atoms with Crippen LogP contribution in [0.15, 0.2) is 75.2 Å². The summed E-state index contributed by atoms with van der Waals surface area (Å²) in [4.78, 5) is 29.1. The summed E-state index contributed by atoms with van der Waals surface area (Å²) in [7, 11) is 0. The van der Waals surface area contributed by atoms with Crippen LogP contribution in [0.5, 0.6) is 0 Å². The summed E-state index contributed by atoms with van der Waals surface area (Å²) in [5.41, 5.74) is 2.16. The van der Waals surface area contributed by atoms with Crippen molar-refractivity contribution in [2.75, 3.05) is 0 Å². The molecule has 0 saturated carbocycles. The van der Waals surface area contributed by atoms with Crippen molar-refractivity contribution < 1.29 is 9.90 Å². The van der Waals surface area contributed by atoms with Crippen LogP contribution in [0.3, 0.4) is 0 Å². The molecule has 1 N–H and O–H groups in total. The summed E-state index contributed by atoms with van der Waals surface area (Å²) in [6.07, 6.45) is 4.28. The van der Waals surface area contributed by atoms with Crippen molar-refractivity contribution in [1.82, 2.24) is 14.2 Å². The number of fused-ring (bicyclic) bond motifs is 1. The first kappa shape index (κ1) is 21.7. The molecule has 0 aliphatic carbocycles. The summed E-state index contributed by atoms with van der Waals surface area (Å²) in [6, 6.07) is 15.7. The van der Waals surface area contributed by atoms with Gasteiger partial charge in [0.25, 0.3) is 5.56 Å². The maximum Gasteiger partial charge on any atom is 0.335 e. The van der Waals surface area contributed by atoms with Gasteiger partial charge in [0.05, 0.1) is 28.4 Å². The zero-order valence-corrected chi connectivity index (χ0v) is 19.2. The molecular weight excluding hydrogens is 472 g/mol. The van der Waals surface area contributed by atoms with E-state index in [0.717, 1.165) is 22.3 Å². The van der Waals surface area contributed by atoms with Gasteiger partial charge in [-0.1, -0.05) is 29.8 Å². The molecule has 4 aromatic rings. The maximum atomic E-state index is 13.3. The normalized spacial score (nSPS) is 12.5. The second-order valence-electron chi connectivity index (χ2n) is 7.46. The van der Waals surface area contributed by atoms with Crippen molar-refractivity contribution in [1.29, 1.82) is 0 Å². The predicted octanol–water partition coefficient (Wildman–Crippen LogP) is 5.04. The number of aromatic nitrogens is 3. The van der Waals surface area contributed by atoms with E-state index in [9.17, 15) is 9.59 Å². The van der Waals surface area contributed by atoms with E-state index in [1.165, 1.54) is 4.68 Å². The van der Waals surface area contributed by atoms with Gasteiger partial charge in [0.2, 0.25) is 0 Å². The third-order valence-corrected chi connectivity index (χ3v) is 5.86. The van der Waals surface area contributed by atoms with Crippen LogP contribution in [0.1, 0.15) is 48.1 Å². The van der Waals surface area contributed by atoms with Gasteiger partial charge in [-0.15, -0.1) is 0 Å². The number of hydrogen-bond acceptors (Lipinski definition) is 4. The van der Waals surface area contributed by atoms with Crippen molar-refractivity contribution in [3.63, 3.8) is 0 Å². The molecule has 7 nitrogen and oxygen atoms in total. The Morgan fingerprint density at radius 3 is 2.66 bits per heavy atom. The largest absolute Gasteiger partial charge is 0.478 e. The van der Waals surface area contributed by atoms with E-state index >= 15 is 0 Å². The number of benzene rings is 2. The standard InChI is InChI=1S/C24H21BrN4O3/c1-3-15(2)22-27-21-11-8-17(25)13-20(21)23(30)29(22)26-14-19-5-4-12-28(19)18-9-6-16(7-10-18)24(31)32/h4-15H,3H2,1-2H3,(H,31,32)/t15-/m1/s1. The van der Waals surface area contributed by atoms with Gasteiger partial charge in [-0.25, -0.2) is 9.78 Å². The van der Waals surface area contributed by atoms with Gasteiger partial charge < -0.3 is 9.67 Å². The molecular formula is C24H21BrN4O3. The minimum atomic E-state index is -0.974. The molecule has 0 saturated heterocycles. The molecule has 2 aromatic heterocycles. The quantitative estimate of drug-likeness (QED) is 0.381. The molecule has 4 rings (SSSR count).